The van der Waals surface area contributed by atoms with Gasteiger partial charge in [-0.1, -0.05) is 18.5 Å². The van der Waals surface area contributed by atoms with Crippen molar-refractivity contribution in [1.29, 1.82) is 0 Å². The molecule has 1 aliphatic rings. The van der Waals surface area contributed by atoms with E-state index in [9.17, 15) is 18.0 Å². The van der Waals surface area contributed by atoms with Crippen molar-refractivity contribution in [3.8, 4) is 5.75 Å². The lowest BCUT2D eigenvalue weighted by atomic mass is 10.1. The summed E-state index contributed by atoms with van der Waals surface area (Å²) in [6, 6.07) is 9.57. The van der Waals surface area contributed by atoms with E-state index in [0.717, 1.165) is 11.3 Å². The Morgan fingerprint density at radius 1 is 1.23 bits per heavy atom. The molecule has 7 nitrogen and oxygen atoms in total. The van der Waals surface area contributed by atoms with Crippen molar-refractivity contribution < 1.29 is 22.7 Å². The van der Waals surface area contributed by atoms with E-state index >= 15 is 0 Å². The SMILES string of the molecule is CCC(=O)N1c2ccc(S(=O)(=O)CCC(=O)Nc3ccc(OC)c(Cl)c3)cc2CC1C. The summed E-state index contributed by atoms with van der Waals surface area (Å²) in [4.78, 5) is 26.3. The van der Waals surface area contributed by atoms with Crippen molar-refractivity contribution in [3.63, 3.8) is 0 Å². The van der Waals surface area contributed by atoms with Crippen LogP contribution in [0.25, 0.3) is 0 Å². The van der Waals surface area contributed by atoms with Gasteiger partial charge in [0.1, 0.15) is 5.75 Å². The van der Waals surface area contributed by atoms with Crippen LogP contribution in [-0.2, 0) is 25.8 Å². The number of rotatable bonds is 7. The minimum Gasteiger partial charge on any atom is -0.495 e. The zero-order chi connectivity index (χ0) is 22.8. The Labute approximate surface area is 187 Å². The molecule has 0 aromatic heterocycles. The molecule has 1 aliphatic heterocycles. The van der Waals surface area contributed by atoms with Crippen molar-refractivity contribution in [1.82, 2.24) is 0 Å². The Hall–Kier alpha value is -2.58. The molecule has 3 rings (SSSR count). The molecule has 2 amide bonds. The Morgan fingerprint density at radius 3 is 2.61 bits per heavy atom. The van der Waals surface area contributed by atoms with Gasteiger partial charge in [-0.15, -0.1) is 0 Å². The third-order valence-corrected chi connectivity index (χ3v) is 7.24. The number of carbonyl (C=O) groups excluding carboxylic acids is 2. The molecule has 2 aromatic rings. The zero-order valence-electron chi connectivity index (χ0n) is 17.6. The molecule has 1 heterocycles. The summed E-state index contributed by atoms with van der Waals surface area (Å²) in [7, 11) is -2.17. The molecule has 1 unspecified atom stereocenters. The van der Waals surface area contributed by atoms with Crippen LogP contribution in [0, 0.1) is 0 Å². The fraction of sp³-hybridized carbons (Fsp3) is 0.364. The van der Waals surface area contributed by atoms with Crippen LogP contribution in [0.1, 0.15) is 32.3 Å². The molecule has 0 bridgehead atoms. The third-order valence-electron chi connectivity index (χ3n) is 5.23. The molecule has 1 atom stereocenters. The van der Waals surface area contributed by atoms with E-state index in [1.807, 2.05) is 6.92 Å². The van der Waals surface area contributed by atoms with Crippen molar-refractivity contribution in [3.05, 3.63) is 47.0 Å². The fourth-order valence-corrected chi connectivity index (χ4v) is 5.21. The van der Waals surface area contributed by atoms with E-state index in [-0.39, 0.29) is 29.0 Å². The molecule has 0 radical (unpaired) electrons. The van der Waals surface area contributed by atoms with Crippen molar-refractivity contribution in [2.24, 2.45) is 0 Å². The summed E-state index contributed by atoms with van der Waals surface area (Å²) in [5.74, 6) is -0.266. The second kappa shape index (κ2) is 9.28. The molecular weight excluding hydrogens is 440 g/mol. The fourth-order valence-electron chi connectivity index (χ4n) is 3.66. The van der Waals surface area contributed by atoms with E-state index in [2.05, 4.69) is 5.32 Å². The summed E-state index contributed by atoms with van der Waals surface area (Å²) in [6.07, 6.45) is 0.793. The highest BCUT2D eigenvalue weighted by molar-refractivity contribution is 7.91. The van der Waals surface area contributed by atoms with Crippen LogP contribution in [0.15, 0.2) is 41.3 Å². The van der Waals surface area contributed by atoms with Crippen LogP contribution >= 0.6 is 11.6 Å². The predicted octanol–water partition coefficient (Wildman–Crippen LogP) is 3.84. The molecule has 0 saturated heterocycles. The highest BCUT2D eigenvalue weighted by atomic mass is 35.5. The van der Waals surface area contributed by atoms with Gasteiger partial charge < -0.3 is 15.0 Å². The quantitative estimate of drug-likeness (QED) is 0.672. The average Bonchev–Trinajstić information content (AvgIpc) is 3.07. The first-order valence-corrected chi connectivity index (χ1v) is 12.0. The molecule has 9 heteroatoms. The van der Waals surface area contributed by atoms with Crippen LogP contribution in [0.2, 0.25) is 5.02 Å². The number of carbonyl (C=O) groups is 2. The van der Waals surface area contributed by atoms with Gasteiger partial charge in [-0.3, -0.25) is 9.59 Å². The largest absolute Gasteiger partial charge is 0.495 e. The number of halogens is 1. The van der Waals surface area contributed by atoms with Crippen molar-refractivity contribution in [2.75, 3.05) is 23.1 Å². The first-order chi connectivity index (χ1) is 14.7. The van der Waals surface area contributed by atoms with E-state index in [4.69, 9.17) is 16.3 Å². The highest BCUT2D eigenvalue weighted by Gasteiger charge is 2.31. The van der Waals surface area contributed by atoms with E-state index < -0.39 is 15.7 Å². The maximum atomic E-state index is 12.8. The molecular formula is C22H25ClN2O5S. The Balaban J connectivity index is 1.67. The maximum absolute atomic E-state index is 12.8. The van der Waals surface area contributed by atoms with E-state index in [0.29, 0.717) is 29.3 Å². The lowest BCUT2D eigenvalue weighted by molar-refractivity contribution is -0.118. The number of hydrogen-bond acceptors (Lipinski definition) is 5. The number of ether oxygens (including phenoxy) is 1. The summed E-state index contributed by atoms with van der Waals surface area (Å²) in [6.45, 7) is 3.74. The van der Waals surface area contributed by atoms with Gasteiger partial charge in [-0.2, -0.15) is 0 Å². The maximum Gasteiger partial charge on any atom is 0.226 e. The molecule has 0 aliphatic carbocycles. The van der Waals surface area contributed by atoms with Crippen LogP contribution in [-0.4, -0.2) is 39.1 Å². The molecule has 0 saturated carbocycles. The normalized spacial score (nSPS) is 15.5. The second-order valence-corrected chi connectivity index (χ2v) is 9.94. The molecule has 2 aromatic carbocycles. The van der Waals surface area contributed by atoms with Gasteiger partial charge in [0.25, 0.3) is 0 Å². The van der Waals surface area contributed by atoms with Crippen LogP contribution < -0.4 is 15.0 Å². The van der Waals surface area contributed by atoms with Crippen molar-refractivity contribution >= 4 is 44.6 Å². The number of anilines is 2. The lowest BCUT2D eigenvalue weighted by Gasteiger charge is -2.22. The molecule has 166 valence electrons. The molecule has 0 fully saturated rings. The first kappa shape index (κ1) is 23.1. The van der Waals surface area contributed by atoms with Crippen LogP contribution in [0.4, 0.5) is 11.4 Å². The summed E-state index contributed by atoms with van der Waals surface area (Å²) >= 11 is 6.04. The number of amides is 2. The standard InChI is InChI=1S/C22H25ClN2O5S/c1-4-22(27)25-14(2)11-15-12-17(6-7-19(15)25)31(28,29)10-9-21(26)24-16-5-8-20(30-3)18(23)13-16/h5-8,12-14H,4,9-11H2,1-3H3,(H,24,26). The third kappa shape index (κ3) is 5.02. The molecule has 1 N–H and O–H groups in total. The Morgan fingerprint density at radius 2 is 1.97 bits per heavy atom. The number of hydrogen-bond donors (Lipinski definition) is 1. The lowest BCUT2D eigenvalue weighted by Crippen LogP contribution is -2.35. The molecule has 31 heavy (non-hydrogen) atoms. The Bertz CT molecular complexity index is 1120. The van der Waals surface area contributed by atoms with Crippen molar-refractivity contribution in [2.45, 2.75) is 44.0 Å². The average molecular weight is 465 g/mol. The number of nitrogens with one attached hydrogen (secondary N) is 1. The summed E-state index contributed by atoms with van der Waals surface area (Å²) in [5.41, 5.74) is 2.04. The van der Waals surface area contributed by atoms with Gasteiger partial charge in [0, 0.05) is 30.3 Å². The van der Waals surface area contributed by atoms with Gasteiger partial charge >= 0.3 is 0 Å². The number of benzene rings is 2. The van der Waals surface area contributed by atoms with Gasteiger partial charge in [-0.25, -0.2) is 8.42 Å². The predicted molar refractivity (Wildman–Crippen MR) is 121 cm³/mol. The number of sulfone groups is 1. The van der Waals surface area contributed by atoms with Crippen LogP contribution in [0.5, 0.6) is 5.75 Å². The minimum absolute atomic E-state index is 0.0113. The van der Waals surface area contributed by atoms with Crippen LogP contribution in [0.3, 0.4) is 0 Å². The van der Waals surface area contributed by atoms with E-state index in [1.54, 1.807) is 36.1 Å². The smallest absolute Gasteiger partial charge is 0.226 e. The number of nitrogens with zero attached hydrogens (tertiary/aromatic N) is 1. The Kier molecular flexibility index (Phi) is 6.91. The van der Waals surface area contributed by atoms with Gasteiger partial charge in [0.2, 0.25) is 11.8 Å². The topological polar surface area (TPSA) is 92.8 Å². The van der Waals surface area contributed by atoms with E-state index in [1.165, 1.54) is 19.2 Å². The summed E-state index contributed by atoms with van der Waals surface area (Å²) < 4.78 is 30.6. The zero-order valence-corrected chi connectivity index (χ0v) is 19.2. The second-order valence-electron chi connectivity index (χ2n) is 7.43. The summed E-state index contributed by atoms with van der Waals surface area (Å²) in [5, 5.41) is 2.99. The first-order valence-electron chi connectivity index (χ1n) is 9.97. The van der Waals surface area contributed by atoms with Gasteiger partial charge in [-0.05, 0) is 55.3 Å². The number of fused-ring (bicyclic) bond motifs is 1. The molecule has 0 spiro atoms. The highest BCUT2D eigenvalue weighted by Crippen LogP contribution is 2.34. The monoisotopic (exact) mass is 464 g/mol. The number of methoxy groups -OCH3 is 1. The van der Waals surface area contributed by atoms with Gasteiger partial charge in [0.15, 0.2) is 9.84 Å². The minimum atomic E-state index is -3.66. The van der Waals surface area contributed by atoms with Gasteiger partial charge in [0.05, 0.1) is 22.8 Å².